The van der Waals surface area contributed by atoms with Gasteiger partial charge >= 0.3 is 0 Å². The zero-order valence-corrected chi connectivity index (χ0v) is 10.0. The van der Waals surface area contributed by atoms with Crippen LogP contribution in [-0.4, -0.2) is 12.8 Å². The van der Waals surface area contributed by atoms with Crippen LogP contribution in [0, 0.1) is 0 Å². The number of hydrogen-bond donors (Lipinski definition) is 0. The van der Waals surface area contributed by atoms with Crippen LogP contribution in [0.15, 0.2) is 47.6 Å². The van der Waals surface area contributed by atoms with E-state index in [1.807, 2.05) is 13.0 Å². The Labute approximate surface area is 97.6 Å². The third kappa shape index (κ3) is 5.35. The van der Waals surface area contributed by atoms with Crippen LogP contribution in [0.25, 0.3) is 0 Å². The summed E-state index contributed by atoms with van der Waals surface area (Å²) in [6.07, 6.45) is 7.38. The van der Waals surface area contributed by atoms with Crippen LogP contribution in [0.5, 0.6) is 0 Å². The standard InChI is InChI=1S/C14H19NO/c1-13(15-16-2)9-5-3-6-10-14-11-7-4-8-12-14/h3-4,6-8,11-12H,5,9-10H2,1-2H3/b6-3+,15-13-. The lowest BCUT2D eigenvalue weighted by atomic mass is 10.1. The van der Waals surface area contributed by atoms with Gasteiger partial charge in [-0.3, -0.25) is 0 Å². The van der Waals surface area contributed by atoms with Gasteiger partial charge in [0.2, 0.25) is 0 Å². The quantitative estimate of drug-likeness (QED) is 0.405. The van der Waals surface area contributed by atoms with Gasteiger partial charge in [0.25, 0.3) is 0 Å². The Balaban J connectivity index is 2.21. The first-order chi connectivity index (χ1) is 7.83. The summed E-state index contributed by atoms with van der Waals surface area (Å²) in [5.41, 5.74) is 2.38. The van der Waals surface area contributed by atoms with Gasteiger partial charge in [-0.2, -0.15) is 0 Å². The Morgan fingerprint density at radius 1 is 1.25 bits per heavy atom. The summed E-state index contributed by atoms with van der Waals surface area (Å²) >= 11 is 0. The molecule has 0 aromatic heterocycles. The molecular formula is C14H19NO. The molecule has 0 heterocycles. The van der Waals surface area contributed by atoms with Gasteiger partial charge in [0.05, 0.1) is 5.71 Å². The van der Waals surface area contributed by atoms with Crippen LogP contribution in [0.1, 0.15) is 25.3 Å². The van der Waals surface area contributed by atoms with E-state index in [2.05, 4.69) is 41.6 Å². The summed E-state index contributed by atoms with van der Waals surface area (Å²) in [5, 5.41) is 3.86. The highest BCUT2D eigenvalue weighted by Gasteiger charge is 1.90. The van der Waals surface area contributed by atoms with E-state index in [-0.39, 0.29) is 0 Å². The van der Waals surface area contributed by atoms with Gasteiger partial charge in [-0.1, -0.05) is 47.6 Å². The summed E-state index contributed by atoms with van der Waals surface area (Å²) in [7, 11) is 1.58. The van der Waals surface area contributed by atoms with Gasteiger partial charge in [-0.15, -0.1) is 0 Å². The average molecular weight is 217 g/mol. The Kier molecular flexibility index (Phi) is 6.00. The van der Waals surface area contributed by atoms with E-state index < -0.39 is 0 Å². The lowest BCUT2D eigenvalue weighted by molar-refractivity contribution is 0.212. The van der Waals surface area contributed by atoms with Crippen molar-refractivity contribution in [2.75, 3.05) is 7.11 Å². The minimum atomic E-state index is 0.957. The molecule has 86 valence electrons. The number of oxime groups is 1. The van der Waals surface area contributed by atoms with Crippen LogP contribution < -0.4 is 0 Å². The second-order valence-electron chi connectivity index (χ2n) is 3.71. The minimum Gasteiger partial charge on any atom is -0.399 e. The van der Waals surface area contributed by atoms with Crippen molar-refractivity contribution in [1.82, 2.24) is 0 Å². The highest BCUT2D eigenvalue weighted by Crippen LogP contribution is 2.01. The molecule has 0 aliphatic rings. The first kappa shape index (κ1) is 12.5. The van der Waals surface area contributed by atoms with Crippen molar-refractivity contribution < 1.29 is 4.84 Å². The van der Waals surface area contributed by atoms with Gasteiger partial charge in [0.1, 0.15) is 7.11 Å². The molecule has 0 bridgehead atoms. The third-order valence-corrected chi connectivity index (χ3v) is 2.28. The number of allylic oxidation sites excluding steroid dienone is 2. The van der Waals surface area contributed by atoms with Crippen LogP contribution in [0.2, 0.25) is 0 Å². The van der Waals surface area contributed by atoms with Crippen LogP contribution in [0.3, 0.4) is 0 Å². The molecular weight excluding hydrogens is 198 g/mol. The maximum Gasteiger partial charge on any atom is 0.106 e. The van der Waals surface area contributed by atoms with Gasteiger partial charge in [0, 0.05) is 0 Å². The monoisotopic (exact) mass is 217 g/mol. The predicted molar refractivity (Wildman–Crippen MR) is 68.6 cm³/mol. The summed E-state index contributed by atoms with van der Waals surface area (Å²) < 4.78 is 0. The number of benzene rings is 1. The summed E-state index contributed by atoms with van der Waals surface area (Å²) in [4.78, 5) is 4.69. The van der Waals surface area contributed by atoms with E-state index in [0.29, 0.717) is 0 Å². The molecule has 0 saturated carbocycles. The molecule has 0 unspecified atom stereocenters. The molecule has 0 amide bonds. The molecule has 1 rings (SSSR count). The summed E-state index contributed by atoms with van der Waals surface area (Å²) in [6, 6.07) is 10.5. The number of rotatable bonds is 6. The maximum absolute atomic E-state index is 4.69. The summed E-state index contributed by atoms with van der Waals surface area (Å²) in [6.45, 7) is 1.98. The fraction of sp³-hybridized carbons (Fsp3) is 0.357. The topological polar surface area (TPSA) is 21.6 Å². The molecule has 2 nitrogen and oxygen atoms in total. The van der Waals surface area contributed by atoms with Crippen LogP contribution in [0.4, 0.5) is 0 Å². The molecule has 0 radical (unpaired) electrons. The van der Waals surface area contributed by atoms with E-state index in [9.17, 15) is 0 Å². The first-order valence-corrected chi connectivity index (χ1v) is 5.58. The largest absolute Gasteiger partial charge is 0.399 e. The second-order valence-corrected chi connectivity index (χ2v) is 3.71. The third-order valence-electron chi connectivity index (χ3n) is 2.28. The second kappa shape index (κ2) is 7.69. The van der Waals surface area contributed by atoms with Crippen molar-refractivity contribution in [2.45, 2.75) is 26.2 Å². The van der Waals surface area contributed by atoms with Gasteiger partial charge in [-0.05, 0) is 31.7 Å². The van der Waals surface area contributed by atoms with E-state index in [4.69, 9.17) is 4.84 Å². The molecule has 0 aliphatic carbocycles. The molecule has 0 atom stereocenters. The lowest BCUT2D eigenvalue weighted by Gasteiger charge is -1.96. The van der Waals surface area contributed by atoms with Crippen molar-refractivity contribution in [2.24, 2.45) is 5.16 Å². The molecule has 1 aromatic carbocycles. The van der Waals surface area contributed by atoms with Crippen molar-refractivity contribution in [1.29, 1.82) is 0 Å². The smallest absolute Gasteiger partial charge is 0.106 e. The lowest BCUT2D eigenvalue weighted by Crippen LogP contribution is -1.90. The van der Waals surface area contributed by atoms with E-state index in [1.54, 1.807) is 7.11 Å². The van der Waals surface area contributed by atoms with Crippen LogP contribution >= 0.6 is 0 Å². The van der Waals surface area contributed by atoms with Gasteiger partial charge in [0.15, 0.2) is 0 Å². The molecule has 0 spiro atoms. The van der Waals surface area contributed by atoms with Crippen molar-refractivity contribution in [3.63, 3.8) is 0 Å². The molecule has 2 heteroatoms. The molecule has 0 N–H and O–H groups in total. The fourth-order valence-corrected chi connectivity index (χ4v) is 1.45. The zero-order chi connectivity index (χ0) is 11.6. The Morgan fingerprint density at radius 3 is 2.69 bits per heavy atom. The average Bonchev–Trinajstić information content (AvgIpc) is 2.30. The normalized spacial score (nSPS) is 12.0. The highest BCUT2D eigenvalue weighted by molar-refractivity contribution is 5.81. The van der Waals surface area contributed by atoms with E-state index in [0.717, 1.165) is 25.0 Å². The van der Waals surface area contributed by atoms with Crippen LogP contribution in [-0.2, 0) is 11.3 Å². The first-order valence-electron chi connectivity index (χ1n) is 5.58. The molecule has 1 aromatic rings. The number of hydrogen-bond acceptors (Lipinski definition) is 2. The molecule has 16 heavy (non-hydrogen) atoms. The van der Waals surface area contributed by atoms with Gasteiger partial charge in [-0.25, -0.2) is 0 Å². The van der Waals surface area contributed by atoms with Crippen molar-refractivity contribution >= 4 is 5.71 Å². The fourth-order valence-electron chi connectivity index (χ4n) is 1.45. The molecule has 0 saturated heterocycles. The van der Waals surface area contributed by atoms with Crippen molar-refractivity contribution in [3.8, 4) is 0 Å². The summed E-state index contributed by atoms with van der Waals surface area (Å²) in [5.74, 6) is 0. The minimum absolute atomic E-state index is 0.957. The highest BCUT2D eigenvalue weighted by atomic mass is 16.6. The SMILES string of the molecule is CO/N=C(/C)CC/C=C/Cc1ccccc1. The predicted octanol–water partition coefficient (Wildman–Crippen LogP) is 3.59. The van der Waals surface area contributed by atoms with E-state index >= 15 is 0 Å². The Morgan fingerprint density at radius 2 is 2.00 bits per heavy atom. The zero-order valence-electron chi connectivity index (χ0n) is 10.0. The van der Waals surface area contributed by atoms with Gasteiger partial charge < -0.3 is 4.84 Å². The number of nitrogens with zero attached hydrogens (tertiary/aromatic N) is 1. The molecule has 0 fully saturated rings. The Bertz CT molecular complexity index is 341. The Hall–Kier alpha value is -1.57. The maximum atomic E-state index is 4.69. The molecule has 0 aliphatic heterocycles. The van der Waals surface area contributed by atoms with E-state index in [1.165, 1.54) is 5.56 Å². The van der Waals surface area contributed by atoms with Crippen molar-refractivity contribution in [3.05, 3.63) is 48.0 Å².